The summed E-state index contributed by atoms with van der Waals surface area (Å²) in [5, 5.41) is 2.55. The van der Waals surface area contributed by atoms with Gasteiger partial charge in [0.05, 0.1) is 0 Å². The fraction of sp³-hybridized carbons (Fsp3) is 0.500. The number of rotatable bonds is 1. The van der Waals surface area contributed by atoms with E-state index < -0.39 is 8.07 Å². The molecule has 0 N–H and O–H groups in total. The Balaban J connectivity index is 4.29. The van der Waals surface area contributed by atoms with Crippen molar-refractivity contribution in [1.82, 2.24) is 0 Å². The van der Waals surface area contributed by atoms with Crippen molar-refractivity contribution < 1.29 is 0 Å². The van der Waals surface area contributed by atoms with Crippen LogP contribution in [0, 0.1) is 11.5 Å². The molecule has 0 atom stereocenters. The van der Waals surface area contributed by atoms with Crippen molar-refractivity contribution >= 4 is 36.6 Å². The fourth-order valence-corrected chi connectivity index (χ4v) is 1.61. The highest BCUT2D eigenvalue weighted by Crippen LogP contribution is 2.02. The maximum atomic E-state index is 4.05. The van der Waals surface area contributed by atoms with Gasteiger partial charge >= 0.3 is 0 Å². The quantitative estimate of drug-likeness (QED) is 0.314. The van der Waals surface area contributed by atoms with E-state index in [-0.39, 0.29) is 0 Å². The van der Waals surface area contributed by atoms with Crippen LogP contribution in [0.25, 0.3) is 0 Å². The summed E-state index contributed by atoms with van der Waals surface area (Å²) in [6.07, 6.45) is 0. The van der Waals surface area contributed by atoms with Crippen LogP contribution < -0.4 is 0 Å². The lowest BCUT2D eigenvalue weighted by Gasteiger charge is -2.03. The second-order valence-corrected chi connectivity index (χ2v) is 8.86. The molecule has 62 valence electrons. The SMILES string of the molecule is C[Si](C)(C)C#CC(=CS)CBr. The molecule has 0 aliphatic rings. The number of hydrogen-bond acceptors (Lipinski definition) is 1. The number of hydrogen-bond donors (Lipinski definition) is 1. The van der Waals surface area contributed by atoms with Gasteiger partial charge in [-0.25, -0.2) is 0 Å². The zero-order valence-electron chi connectivity index (χ0n) is 7.11. The molecule has 0 aromatic carbocycles. The van der Waals surface area contributed by atoms with Crippen molar-refractivity contribution in [3.8, 4) is 11.5 Å². The molecular weight excluding hydrogens is 236 g/mol. The second-order valence-electron chi connectivity index (χ2n) is 3.29. The smallest absolute Gasteiger partial charge is 0.129 e. The van der Waals surface area contributed by atoms with E-state index in [2.05, 4.69) is 59.7 Å². The van der Waals surface area contributed by atoms with Crippen LogP contribution in [0.15, 0.2) is 11.0 Å². The Morgan fingerprint density at radius 1 is 1.55 bits per heavy atom. The van der Waals surface area contributed by atoms with Crippen molar-refractivity contribution in [2.45, 2.75) is 19.6 Å². The Labute approximate surface area is 84.0 Å². The van der Waals surface area contributed by atoms with E-state index >= 15 is 0 Å². The lowest BCUT2D eigenvalue weighted by molar-refractivity contribution is 1.66. The van der Waals surface area contributed by atoms with Gasteiger partial charge in [-0.2, -0.15) is 12.6 Å². The lowest BCUT2D eigenvalue weighted by Crippen LogP contribution is -2.16. The highest BCUT2D eigenvalue weighted by atomic mass is 79.9. The summed E-state index contributed by atoms with van der Waals surface area (Å²) < 4.78 is 0. The molecule has 0 bridgehead atoms. The van der Waals surface area contributed by atoms with E-state index in [1.807, 2.05) is 0 Å². The van der Waals surface area contributed by atoms with Crippen LogP contribution in [0.3, 0.4) is 0 Å². The lowest BCUT2D eigenvalue weighted by atomic mass is 10.4. The van der Waals surface area contributed by atoms with E-state index in [1.165, 1.54) is 0 Å². The Morgan fingerprint density at radius 2 is 2.09 bits per heavy atom. The minimum atomic E-state index is -1.21. The first-order valence-electron chi connectivity index (χ1n) is 3.42. The molecule has 0 radical (unpaired) electrons. The standard InChI is InChI=1S/C8H13BrSSi/c1-11(2,3)5-4-8(6-9)7-10/h7,10H,6H2,1-3H3. The summed E-state index contributed by atoms with van der Waals surface area (Å²) in [7, 11) is -1.21. The average molecular weight is 249 g/mol. The molecule has 0 saturated heterocycles. The molecule has 0 fully saturated rings. The molecule has 0 saturated carbocycles. The molecule has 3 heteroatoms. The third kappa shape index (κ3) is 6.73. The zero-order chi connectivity index (χ0) is 8.91. The third-order valence-electron chi connectivity index (χ3n) is 0.898. The van der Waals surface area contributed by atoms with E-state index in [0.717, 1.165) is 10.9 Å². The second kappa shape index (κ2) is 5.07. The van der Waals surface area contributed by atoms with E-state index in [0.29, 0.717) is 0 Å². The van der Waals surface area contributed by atoms with Crippen LogP contribution in [0.4, 0.5) is 0 Å². The number of halogens is 1. The molecular formula is C8H13BrSSi. The summed E-state index contributed by atoms with van der Waals surface area (Å²) in [5.74, 6) is 3.11. The summed E-state index contributed by atoms with van der Waals surface area (Å²) in [6, 6.07) is 0. The van der Waals surface area contributed by atoms with Gasteiger partial charge in [-0.1, -0.05) is 41.5 Å². The summed E-state index contributed by atoms with van der Waals surface area (Å²) in [4.78, 5) is 0. The predicted octanol–water partition coefficient (Wildman–Crippen LogP) is 3.08. The molecule has 0 spiro atoms. The minimum absolute atomic E-state index is 0.800. The predicted molar refractivity (Wildman–Crippen MR) is 62.0 cm³/mol. The summed E-state index contributed by atoms with van der Waals surface area (Å²) in [5.41, 5.74) is 4.32. The molecule has 0 unspecified atom stereocenters. The first-order chi connectivity index (χ1) is 4.99. The van der Waals surface area contributed by atoms with Gasteiger partial charge in [0.25, 0.3) is 0 Å². The molecule has 0 nitrogen and oxygen atoms in total. The number of allylic oxidation sites excluding steroid dienone is 1. The van der Waals surface area contributed by atoms with E-state index in [1.54, 1.807) is 5.41 Å². The van der Waals surface area contributed by atoms with Crippen LogP contribution in [0.5, 0.6) is 0 Å². The van der Waals surface area contributed by atoms with Gasteiger partial charge in [0.15, 0.2) is 0 Å². The summed E-state index contributed by atoms with van der Waals surface area (Å²) >= 11 is 7.39. The molecule has 0 amide bonds. The average Bonchev–Trinajstić information content (AvgIpc) is 1.88. The Bertz CT molecular complexity index is 204. The van der Waals surface area contributed by atoms with Gasteiger partial charge in [-0.15, -0.1) is 5.54 Å². The molecule has 0 rings (SSSR count). The van der Waals surface area contributed by atoms with Crippen molar-refractivity contribution in [3.05, 3.63) is 11.0 Å². The van der Waals surface area contributed by atoms with Gasteiger partial charge in [-0.05, 0) is 5.41 Å². The van der Waals surface area contributed by atoms with Crippen molar-refractivity contribution in [2.24, 2.45) is 0 Å². The van der Waals surface area contributed by atoms with Gasteiger partial charge < -0.3 is 0 Å². The van der Waals surface area contributed by atoms with Gasteiger partial charge in [0.1, 0.15) is 8.07 Å². The van der Waals surface area contributed by atoms with Crippen molar-refractivity contribution in [3.63, 3.8) is 0 Å². The summed E-state index contributed by atoms with van der Waals surface area (Å²) in [6.45, 7) is 6.68. The third-order valence-corrected chi connectivity index (χ3v) is 2.69. The molecule has 0 aromatic heterocycles. The van der Waals surface area contributed by atoms with Gasteiger partial charge in [0.2, 0.25) is 0 Å². The first kappa shape index (κ1) is 11.3. The van der Waals surface area contributed by atoms with Crippen molar-refractivity contribution in [2.75, 3.05) is 5.33 Å². The molecule has 0 aromatic rings. The van der Waals surface area contributed by atoms with Gasteiger partial charge in [-0.3, -0.25) is 0 Å². The monoisotopic (exact) mass is 248 g/mol. The topological polar surface area (TPSA) is 0 Å². The van der Waals surface area contributed by atoms with Crippen LogP contribution >= 0.6 is 28.6 Å². The maximum Gasteiger partial charge on any atom is 0.129 e. The fourth-order valence-electron chi connectivity index (χ4n) is 0.368. The highest BCUT2D eigenvalue weighted by molar-refractivity contribution is 9.09. The largest absolute Gasteiger partial charge is 0.150 e. The number of alkyl halides is 1. The highest BCUT2D eigenvalue weighted by Gasteiger charge is 2.07. The van der Waals surface area contributed by atoms with Crippen LogP contribution in [0.1, 0.15) is 0 Å². The van der Waals surface area contributed by atoms with Crippen LogP contribution in [-0.4, -0.2) is 13.4 Å². The first-order valence-corrected chi connectivity index (χ1v) is 8.56. The minimum Gasteiger partial charge on any atom is -0.150 e. The molecule has 0 heterocycles. The Hall–Kier alpha value is 0.347. The Morgan fingerprint density at radius 3 is 2.36 bits per heavy atom. The van der Waals surface area contributed by atoms with Gasteiger partial charge in [0, 0.05) is 10.9 Å². The number of thiol groups is 1. The molecule has 11 heavy (non-hydrogen) atoms. The zero-order valence-corrected chi connectivity index (χ0v) is 10.6. The van der Waals surface area contributed by atoms with Crippen molar-refractivity contribution in [1.29, 1.82) is 0 Å². The Kier molecular flexibility index (Phi) is 5.23. The normalized spacial score (nSPS) is 12.3. The van der Waals surface area contributed by atoms with Crippen LogP contribution in [0.2, 0.25) is 19.6 Å². The molecule has 0 aliphatic heterocycles. The van der Waals surface area contributed by atoms with E-state index in [9.17, 15) is 0 Å². The molecule has 0 aliphatic carbocycles. The van der Waals surface area contributed by atoms with E-state index in [4.69, 9.17) is 0 Å². The maximum absolute atomic E-state index is 4.05. The van der Waals surface area contributed by atoms with Crippen LogP contribution in [-0.2, 0) is 0 Å².